The highest BCUT2D eigenvalue weighted by molar-refractivity contribution is 5.11. The number of ether oxygens (including phenoxy) is 1. The molecule has 1 unspecified atom stereocenters. The minimum atomic E-state index is 0.0100. The lowest BCUT2D eigenvalue weighted by molar-refractivity contribution is -0.0343. The SMILES string of the molecule is CCCN1CCOC(c2nc(C)cc(CNC)n2)C1. The number of hydrogen-bond donors (Lipinski definition) is 1. The van der Waals surface area contributed by atoms with Crippen LogP contribution in [-0.2, 0) is 11.3 Å². The second-order valence-electron chi connectivity index (χ2n) is 5.05. The number of aromatic nitrogens is 2. The van der Waals surface area contributed by atoms with Gasteiger partial charge < -0.3 is 10.1 Å². The monoisotopic (exact) mass is 264 g/mol. The zero-order valence-corrected chi connectivity index (χ0v) is 12.1. The Kier molecular flexibility index (Phi) is 5.24. The van der Waals surface area contributed by atoms with Gasteiger partial charge in [-0.2, -0.15) is 0 Å². The summed E-state index contributed by atoms with van der Waals surface area (Å²) in [6, 6.07) is 2.02. The van der Waals surface area contributed by atoms with Crippen molar-refractivity contribution in [3.63, 3.8) is 0 Å². The van der Waals surface area contributed by atoms with Gasteiger partial charge in [-0.25, -0.2) is 9.97 Å². The summed E-state index contributed by atoms with van der Waals surface area (Å²) in [5.41, 5.74) is 2.03. The van der Waals surface area contributed by atoms with Gasteiger partial charge >= 0.3 is 0 Å². The highest BCUT2D eigenvalue weighted by Gasteiger charge is 2.24. The average molecular weight is 264 g/mol. The minimum absolute atomic E-state index is 0.0100. The summed E-state index contributed by atoms with van der Waals surface area (Å²) < 4.78 is 5.84. The van der Waals surface area contributed by atoms with Gasteiger partial charge in [-0.05, 0) is 33.0 Å². The van der Waals surface area contributed by atoms with Gasteiger partial charge in [0.15, 0.2) is 5.82 Å². The van der Waals surface area contributed by atoms with E-state index < -0.39 is 0 Å². The van der Waals surface area contributed by atoms with Crippen LogP contribution in [0, 0.1) is 6.92 Å². The van der Waals surface area contributed by atoms with Gasteiger partial charge in [0.2, 0.25) is 0 Å². The molecule has 1 saturated heterocycles. The van der Waals surface area contributed by atoms with E-state index in [1.54, 1.807) is 0 Å². The fourth-order valence-electron chi connectivity index (χ4n) is 2.45. The Morgan fingerprint density at radius 1 is 1.47 bits per heavy atom. The Hall–Kier alpha value is -1.04. The van der Waals surface area contributed by atoms with E-state index in [1.807, 2.05) is 20.0 Å². The molecule has 5 nitrogen and oxygen atoms in total. The highest BCUT2D eigenvalue weighted by atomic mass is 16.5. The van der Waals surface area contributed by atoms with Gasteiger partial charge in [-0.3, -0.25) is 4.90 Å². The third-order valence-electron chi connectivity index (χ3n) is 3.26. The number of nitrogens with zero attached hydrogens (tertiary/aromatic N) is 3. The molecule has 0 aliphatic carbocycles. The fraction of sp³-hybridized carbons (Fsp3) is 0.714. The molecule has 1 aliphatic rings. The van der Waals surface area contributed by atoms with Crippen LogP contribution in [0.2, 0.25) is 0 Å². The smallest absolute Gasteiger partial charge is 0.158 e. The Balaban J connectivity index is 2.11. The zero-order chi connectivity index (χ0) is 13.7. The molecule has 5 heteroatoms. The van der Waals surface area contributed by atoms with Crippen molar-refractivity contribution in [2.75, 3.05) is 33.3 Å². The number of aryl methyl sites for hydroxylation is 1. The molecule has 0 aromatic carbocycles. The molecule has 1 aliphatic heterocycles. The molecular weight excluding hydrogens is 240 g/mol. The molecule has 2 heterocycles. The number of rotatable bonds is 5. The molecular formula is C14H24N4O. The highest BCUT2D eigenvalue weighted by Crippen LogP contribution is 2.20. The number of nitrogens with one attached hydrogen (secondary N) is 1. The van der Waals surface area contributed by atoms with Gasteiger partial charge in [-0.15, -0.1) is 0 Å². The summed E-state index contributed by atoms with van der Waals surface area (Å²) in [6.45, 7) is 8.78. The standard InChI is InChI=1S/C14H24N4O/c1-4-5-18-6-7-19-13(10-18)14-16-11(2)8-12(17-14)9-15-3/h8,13,15H,4-7,9-10H2,1-3H3. The topological polar surface area (TPSA) is 50.3 Å². The van der Waals surface area contributed by atoms with Crippen LogP contribution in [0.15, 0.2) is 6.07 Å². The molecule has 106 valence electrons. The fourth-order valence-corrected chi connectivity index (χ4v) is 2.45. The quantitative estimate of drug-likeness (QED) is 0.868. The van der Waals surface area contributed by atoms with Crippen molar-refractivity contribution in [2.45, 2.75) is 32.9 Å². The van der Waals surface area contributed by atoms with Crippen LogP contribution >= 0.6 is 0 Å². The minimum Gasteiger partial charge on any atom is -0.368 e. The van der Waals surface area contributed by atoms with Gasteiger partial charge in [0.25, 0.3) is 0 Å². The van der Waals surface area contributed by atoms with E-state index in [-0.39, 0.29) is 6.10 Å². The second kappa shape index (κ2) is 6.93. The zero-order valence-electron chi connectivity index (χ0n) is 12.1. The molecule has 1 fully saturated rings. The van der Waals surface area contributed by atoms with Gasteiger partial charge in [0, 0.05) is 25.3 Å². The summed E-state index contributed by atoms with van der Waals surface area (Å²) in [5, 5.41) is 3.13. The Labute approximate surface area is 115 Å². The van der Waals surface area contributed by atoms with Crippen LogP contribution in [0.25, 0.3) is 0 Å². The van der Waals surface area contributed by atoms with E-state index in [1.165, 1.54) is 6.42 Å². The first kappa shape index (κ1) is 14.4. The van der Waals surface area contributed by atoms with Crippen molar-refractivity contribution >= 4 is 0 Å². The number of hydrogen-bond acceptors (Lipinski definition) is 5. The largest absolute Gasteiger partial charge is 0.368 e. The maximum atomic E-state index is 5.84. The van der Waals surface area contributed by atoms with Crippen LogP contribution in [0.3, 0.4) is 0 Å². The maximum Gasteiger partial charge on any atom is 0.158 e. The second-order valence-corrected chi connectivity index (χ2v) is 5.05. The van der Waals surface area contributed by atoms with Crippen molar-refractivity contribution in [2.24, 2.45) is 0 Å². The van der Waals surface area contributed by atoms with Crippen LogP contribution < -0.4 is 5.32 Å². The number of morpholine rings is 1. The van der Waals surface area contributed by atoms with E-state index >= 15 is 0 Å². The summed E-state index contributed by atoms with van der Waals surface area (Å²) in [7, 11) is 1.93. The lowest BCUT2D eigenvalue weighted by atomic mass is 10.2. The van der Waals surface area contributed by atoms with Crippen molar-refractivity contribution in [1.29, 1.82) is 0 Å². The van der Waals surface area contributed by atoms with E-state index in [0.29, 0.717) is 0 Å². The predicted molar refractivity (Wildman–Crippen MR) is 75.0 cm³/mol. The van der Waals surface area contributed by atoms with Crippen molar-refractivity contribution in [3.8, 4) is 0 Å². The first-order chi connectivity index (χ1) is 9.22. The summed E-state index contributed by atoms with van der Waals surface area (Å²) in [5.74, 6) is 0.825. The van der Waals surface area contributed by atoms with Crippen LogP contribution in [0.1, 0.15) is 36.7 Å². The maximum absolute atomic E-state index is 5.84. The van der Waals surface area contributed by atoms with Crippen molar-refractivity contribution < 1.29 is 4.74 Å². The first-order valence-electron chi connectivity index (χ1n) is 7.06. The lowest BCUT2D eigenvalue weighted by Crippen LogP contribution is -2.39. The van der Waals surface area contributed by atoms with E-state index in [2.05, 4.69) is 27.1 Å². The van der Waals surface area contributed by atoms with Gasteiger partial charge in [0.05, 0.1) is 12.3 Å². The molecule has 0 spiro atoms. The molecule has 1 aromatic rings. The Morgan fingerprint density at radius 2 is 2.32 bits per heavy atom. The van der Waals surface area contributed by atoms with E-state index in [9.17, 15) is 0 Å². The molecule has 1 aromatic heterocycles. The van der Waals surface area contributed by atoms with Crippen LogP contribution in [0.5, 0.6) is 0 Å². The van der Waals surface area contributed by atoms with E-state index in [4.69, 9.17) is 4.74 Å². The lowest BCUT2D eigenvalue weighted by Gasteiger charge is -2.32. The first-order valence-corrected chi connectivity index (χ1v) is 7.06. The van der Waals surface area contributed by atoms with Crippen LogP contribution in [0.4, 0.5) is 0 Å². The molecule has 0 bridgehead atoms. The van der Waals surface area contributed by atoms with Gasteiger partial charge in [-0.1, -0.05) is 6.92 Å². The molecule has 0 saturated carbocycles. The summed E-state index contributed by atoms with van der Waals surface area (Å²) in [6.07, 6.45) is 1.18. The molecule has 0 amide bonds. The molecule has 2 rings (SSSR count). The Bertz CT molecular complexity index is 408. The molecule has 1 atom stereocenters. The van der Waals surface area contributed by atoms with E-state index in [0.717, 1.165) is 50.0 Å². The van der Waals surface area contributed by atoms with Crippen molar-refractivity contribution in [3.05, 3.63) is 23.3 Å². The van der Waals surface area contributed by atoms with Crippen molar-refractivity contribution in [1.82, 2.24) is 20.2 Å². The normalized spacial score (nSPS) is 20.7. The molecule has 19 heavy (non-hydrogen) atoms. The average Bonchev–Trinajstić information content (AvgIpc) is 2.39. The third kappa shape index (κ3) is 3.96. The third-order valence-corrected chi connectivity index (χ3v) is 3.26. The predicted octanol–water partition coefficient (Wildman–Crippen LogP) is 1.29. The van der Waals surface area contributed by atoms with Gasteiger partial charge in [0.1, 0.15) is 6.10 Å². The van der Waals surface area contributed by atoms with Crippen LogP contribution in [-0.4, -0.2) is 48.2 Å². The molecule has 0 radical (unpaired) electrons. The summed E-state index contributed by atoms with van der Waals surface area (Å²) >= 11 is 0. The Morgan fingerprint density at radius 3 is 3.05 bits per heavy atom. The summed E-state index contributed by atoms with van der Waals surface area (Å²) in [4.78, 5) is 11.6. The molecule has 1 N–H and O–H groups in total.